The van der Waals surface area contributed by atoms with Gasteiger partial charge in [-0.05, 0) is 62.2 Å². The molecule has 0 radical (unpaired) electrons. The Kier molecular flexibility index (Phi) is 6.24. The van der Waals surface area contributed by atoms with Crippen LogP contribution in [0.5, 0.6) is 0 Å². The van der Waals surface area contributed by atoms with Crippen LogP contribution in [0.2, 0.25) is 0 Å². The van der Waals surface area contributed by atoms with Crippen LogP contribution in [0.25, 0.3) is 11.1 Å². The smallest absolute Gasteiger partial charge is 0.252 e. The first-order chi connectivity index (χ1) is 15.0. The van der Waals surface area contributed by atoms with Gasteiger partial charge in [0.15, 0.2) is 0 Å². The van der Waals surface area contributed by atoms with Crippen molar-refractivity contribution in [1.82, 2.24) is 10.2 Å². The maximum absolute atomic E-state index is 13.6. The fourth-order valence-corrected chi connectivity index (χ4v) is 5.18. The van der Waals surface area contributed by atoms with Crippen LogP contribution < -0.4 is 5.32 Å². The van der Waals surface area contributed by atoms with Gasteiger partial charge in [-0.15, -0.1) is 0 Å². The number of amides is 1. The molecule has 3 nitrogen and oxygen atoms in total. The quantitative estimate of drug-likeness (QED) is 0.538. The van der Waals surface area contributed by atoms with Crippen molar-refractivity contribution in [3.05, 3.63) is 95.6 Å². The molecule has 0 aliphatic heterocycles. The van der Waals surface area contributed by atoms with Gasteiger partial charge in [-0.1, -0.05) is 85.6 Å². The highest BCUT2D eigenvalue weighted by atomic mass is 16.1. The highest BCUT2D eigenvalue weighted by Gasteiger charge is 2.44. The normalized spacial score (nSPS) is 16.3. The molecule has 1 unspecified atom stereocenters. The summed E-state index contributed by atoms with van der Waals surface area (Å²) in [6, 6.07) is 26.7. The average molecular weight is 413 g/mol. The Labute approximate surface area is 186 Å². The van der Waals surface area contributed by atoms with Crippen LogP contribution in [0.1, 0.15) is 53.2 Å². The lowest BCUT2D eigenvalue weighted by Gasteiger charge is -2.44. The van der Waals surface area contributed by atoms with Gasteiger partial charge in [-0.25, -0.2) is 0 Å². The number of nitrogens with one attached hydrogen (secondary N) is 1. The summed E-state index contributed by atoms with van der Waals surface area (Å²) in [5.41, 5.74) is 5.10. The van der Waals surface area contributed by atoms with Gasteiger partial charge in [0.2, 0.25) is 0 Å². The zero-order valence-corrected chi connectivity index (χ0v) is 18.8. The molecule has 0 aromatic heterocycles. The van der Waals surface area contributed by atoms with E-state index in [0.29, 0.717) is 0 Å². The zero-order chi connectivity index (χ0) is 21.8. The lowest BCUT2D eigenvalue weighted by molar-refractivity contribution is 0.0766. The lowest BCUT2D eigenvalue weighted by atomic mass is 9.82. The van der Waals surface area contributed by atoms with Gasteiger partial charge in [0.05, 0.1) is 6.04 Å². The van der Waals surface area contributed by atoms with Crippen LogP contribution in [0.3, 0.4) is 0 Å². The Bertz CT molecular complexity index is 1020. The third-order valence-electron chi connectivity index (χ3n) is 6.97. The number of carbonyl (C=O) groups is 1. The number of hydrogen-bond acceptors (Lipinski definition) is 2. The van der Waals surface area contributed by atoms with E-state index in [1.165, 1.54) is 18.4 Å². The van der Waals surface area contributed by atoms with Gasteiger partial charge in [0.25, 0.3) is 5.91 Å². The predicted octanol–water partition coefficient (Wildman–Crippen LogP) is 6.01. The first-order valence-corrected chi connectivity index (χ1v) is 11.2. The highest BCUT2D eigenvalue weighted by Crippen LogP contribution is 2.43. The highest BCUT2D eigenvalue weighted by molar-refractivity contribution is 5.97. The molecule has 3 aromatic carbocycles. The number of hydrogen-bond donors (Lipinski definition) is 1. The topological polar surface area (TPSA) is 32.3 Å². The Morgan fingerprint density at radius 2 is 1.48 bits per heavy atom. The molecule has 31 heavy (non-hydrogen) atoms. The second kappa shape index (κ2) is 9.07. The molecule has 1 saturated carbocycles. The molecule has 3 aromatic rings. The summed E-state index contributed by atoms with van der Waals surface area (Å²) < 4.78 is 0. The molecule has 0 heterocycles. The largest absolute Gasteiger partial charge is 0.343 e. The molecule has 4 rings (SSSR count). The monoisotopic (exact) mass is 412 g/mol. The van der Waals surface area contributed by atoms with E-state index < -0.39 is 0 Å². The number of likely N-dealkylation sites (N-methyl/N-ethyl adjacent to an activating group) is 1. The summed E-state index contributed by atoms with van der Waals surface area (Å²) in [7, 11) is 4.30. The summed E-state index contributed by atoms with van der Waals surface area (Å²) in [6.07, 6.45) is 4.56. The molecule has 3 heteroatoms. The number of benzene rings is 3. The van der Waals surface area contributed by atoms with E-state index >= 15 is 0 Å². The average Bonchev–Trinajstić information content (AvgIpc) is 3.30. The van der Waals surface area contributed by atoms with E-state index in [-0.39, 0.29) is 17.5 Å². The molecular formula is C28H32N2O. The van der Waals surface area contributed by atoms with Crippen LogP contribution >= 0.6 is 0 Å². The predicted molar refractivity (Wildman–Crippen MR) is 128 cm³/mol. The number of carbonyl (C=O) groups excluding carboxylic acids is 1. The SMILES string of the molecule is Cc1c(C(=O)NC(c2ccccc2)C2(N(C)C)CCCC2)cccc1-c1ccccc1. The second-order valence-electron chi connectivity index (χ2n) is 8.87. The summed E-state index contributed by atoms with van der Waals surface area (Å²) in [4.78, 5) is 15.9. The molecule has 1 atom stereocenters. The Morgan fingerprint density at radius 3 is 2.10 bits per heavy atom. The molecule has 0 bridgehead atoms. The molecule has 1 aliphatic rings. The molecule has 0 spiro atoms. The molecule has 1 fully saturated rings. The summed E-state index contributed by atoms with van der Waals surface area (Å²) in [5.74, 6) is -0.00254. The second-order valence-corrected chi connectivity index (χ2v) is 8.87. The van der Waals surface area contributed by atoms with Crippen LogP contribution in [-0.2, 0) is 0 Å². The third kappa shape index (κ3) is 4.15. The summed E-state index contributed by atoms with van der Waals surface area (Å²) in [6.45, 7) is 2.05. The van der Waals surface area contributed by atoms with Crippen molar-refractivity contribution >= 4 is 5.91 Å². The molecule has 1 N–H and O–H groups in total. The fraction of sp³-hybridized carbons (Fsp3) is 0.321. The van der Waals surface area contributed by atoms with Gasteiger partial charge in [0, 0.05) is 11.1 Å². The van der Waals surface area contributed by atoms with Crippen molar-refractivity contribution in [3.8, 4) is 11.1 Å². The van der Waals surface area contributed by atoms with E-state index in [2.05, 4.69) is 66.8 Å². The number of nitrogens with zero attached hydrogens (tertiary/aromatic N) is 1. The van der Waals surface area contributed by atoms with Gasteiger partial charge in [0.1, 0.15) is 0 Å². The Balaban J connectivity index is 1.71. The first-order valence-electron chi connectivity index (χ1n) is 11.2. The molecule has 0 saturated heterocycles. The lowest BCUT2D eigenvalue weighted by Crippen LogP contribution is -2.53. The maximum Gasteiger partial charge on any atom is 0.252 e. The van der Waals surface area contributed by atoms with Gasteiger partial charge in [-0.2, -0.15) is 0 Å². The summed E-state index contributed by atoms with van der Waals surface area (Å²) in [5, 5.41) is 3.45. The number of rotatable bonds is 6. The van der Waals surface area contributed by atoms with E-state index in [0.717, 1.165) is 35.1 Å². The molecule has 1 aliphatic carbocycles. The Hall–Kier alpha value is -2.91. The van der Waals surface area contributed by atoms with E-state index in [4.69, 9.17) is 0 Å². The van der Waals surface area contributed by atoms with Crippen LogP contribution in [0.4, 0.5) is 0 Å². The van der Waals surface area contributed by atoms with Crippen LogP contribution in [0.15, 0.2) is 78.9 Å². The minimum atomic E-state index is -0.0675. The summed E-state index contributed by atoms with van der Waals surface area (Å²) >= 11 is 0. The first kappa shape index (κ1) is 21.3. The minimum absolute atomic E-state index is 0.00254. The zero-order valence-electron chi connectivity index (χ0n) is 18.8. The van der Waals surface area contributed by atoms with Crippen molar-refractivity contribution in [2.24, 2.45) is 0 Å². The minimum Gasteiger partial charge on any atom is -0.343 e. The maximum atomic E-state index is 13.6. The van der Waals surface area contributed by atoms with E-state index in [1.807, 2.05) is 43.3 Å². The van der Waals surface area contributed by atoms with Gasteiger partial charge >= 0.3 is 0 Å². The van der Waals surface area contributed by atoms with Crippen molar-refractivity contribution in [1.29, 1.82) is 0 Å². The van der Waals surface area contributed by atoms with Crippen molar-refractivity contribution in [2.45, 2.75) is 44.2 Å². The van der Waals surface area contributed by atoms with Crippen molar-refractivity contribution in [2.75, 3.05) is 14.1 Å². The molecular weight excluding hydrogens is 380 g/mol. The van der Waals surface area contributed by atoms with Crippen LogP contribution in [0, 0.1) is 6.92 Å². The van der Waals surface area contributed by atoms with E-state index in [1.54, 1.807) is 0 Å². The van der Waals surface area contributed by atoms with Crippen LogP contribution in [-0.4, -0.2) is 30.4 Å². The standard InChI is InChI=1S/C28H32N2O/c1-21-24(22-13-6-4-7-14-22)17-12-18-25(21)27(31)29-26(23-15-8-5-9-16-23)28(30(2)3)19-10-11-20-28/h4-9,12-18,26H,10-11,19-20H2,1-3H3,(H,29,31). The van der Waals surface area contributed by atoms with Gasteiger partial charge in [-0.3, -0.25) is 4.79 Å². The molecule has 1 amide bonds. The van der Waals surface area contributed by atoms with Crippen molar-refractivity contribution < 1.29 is 4.79 Å². The van der Waals surface area contributed by atoms with Crippen molar-refractivity contribution in [3.63, 3.8) is 0 Å². The Morgan fingerprint density at radius 1 is 0.871 bits per heavy atom. The fourth-order valence-electron chi connectivity index (χ4n) is 5.18. The van der Waals surface area contributed by atoms with Gasteiger partial charge < -0.3 is 10.2 Å². The van der Waals surface area contributed by atoms with E-state index in [9.17, 15) is 4.79 Å². The molecule has 160 valence electrons. The third-order valence-corrected chi connectivity index (χ3v) is 6.97.